The number of hydrogen-bond donors (Lipinski definition) is 2. The summed E-state index contributed by atoms with van der Waals surface area (Å²) in [5.74, 6) is 0. The van der Waals surface area contributed by atoms with Crippen LogP contribution in [0.3, 0.4) is 0 Å². The zero-order valence-electron chi connectivity index (χ0n) is 11.5. The van der Waals surface area contributed by atoms with E-state index in [1.54, 1.807) is 11.3 Å². The highest BCUT2D eigenvalue weighted by Gasteiger charge is 2.15. The van der Waals surface area contributed by atoms with Crippen LogP contribution < -0.4 is 5.73 Å². The highest BCUT2D eigenvalue weighted by atomic mass is 79.9. The van der Waals surface area contributed by atoms with Crippen molar-refractivity contribution in [1.82, 2.24) is 4.98 Å². The predicted molar refractivity (Wildman–Crippen MR) is 96.3 cm³/mol. The van der Waals surface area contributed by atoms with Gasteiger partial charge in [0.1, 0.15) is 0 Å². The van der Waals surface area contributed by atoms with Gasteiger partial charge in [0, 0.05) is 5.39 Å². The van der Waals surface area contributed by atoms with Crippen LogP contribution in [0, 0.1) is 0 Å². The van der Waals surface area contributed by atoms with E-state index in [4.69, 9.17) is 17.3 Å². The number of H-pyrrole nitrogens is 1. The van der Waals surface area contributed by atoms with Crippen molar-refractivity contribution < 1.29 is 0 Å². The van der Waals surface area contributed by atoms with Crippen LogP contribution in [0.1, 0.15) is 18.4 Å². The van der Waals surface area contributed by atoms with Gasteiger partial charge in [-0.1, -0.05) is 23.7 Å². The van der Waals surface area contributed by atoms with Crippen molar-refractivity contribution in [3.8, 4) is 10.6 Å². The van der Waals surface area contributed by atoms with E-state index in [1.165, 1.54) is 21.5 Å². The molecule has 0 fully saturated rings. The Morgan fingerprint density at radius 2 is 2.05 bits per heavy atom. The van der Waals surface area contributed by atoms with Gasteiger partial charge in [0.2, 0.25) is 0 Å². The Kier molecular flexibility index (Phi) is 4.69. The molecular weight excluding hydrogens is 368 g/mol. The first-order valence-corrected chi connectivity index (χ1v) is 8.94. The highest BCUT2D eigenvalue weighted by molar-refractivity contribution is 9.11. The molecule has 21 heavy (non-hydrogen) atoms. The quantitative estimate of drug-likeness (QED) is 0.554. The van der Waals surface area contributed by atoms with Crippen LogP contribution >= 0.6 is 38.9 Å². The van der Waals surface area contributed by atoms with E-state index in [0.717, 1.165) is 40.1 Å². The van der Waals surface area contributed by atoms with Crippen molar-refractivity contribution in [3.63, 3.8) is 0 Å². The summed E-state index contributed by atoms with van der Waals surface area (Å²) in [5, 5.41) is 1.99. The van der Waals surface area contributed by atoms with Gasteiger partial charge in [-0.15, -0.1) is 11.3 Å². The van der Waals surface area contributed by atoms with Gasteiger partial charge in [0.05, 0.1) is 24.9 Å². The second-order valence-corrected chi connectivity index (χ2v) is 7.86. The van der Waals surface area contributed by atoms with Gasteiger partial charge in [0.15, 0.2) is 0 Å². The van der Waals surface area contributed by atoms with Crippen LogP contribution in [0.4, 0.5) is 0 Å². The third-order valence-electron chi connectivity index (χ3n) is 3.59. The summed E-state index contributed by atoms with van der Waals surface area (Å²) in [7, 11) is 0. The topological polar surface area (TPSA) is 41.8 Å². The summed E-state index contributed by atoms with van der Waals surface area (Å²) in [6.07, 6.45) is 3.15. The van der Waals surface area contributed by atoms with E-state index >= 15 is 0 Å². The van der Waals surface area contributed by atoms with Crippen molar-refractivity contribution in [2.45, 2.75) is 19.3 Å². The first-order chi connectivity index (χ1) is 10.2. The lowest BCUT2D eigenvalue weighted by atomic mass is 10.0. The SMILES string of the molecule is NCCCCc1c(-c2ccc(Br)s2)[nH]c2c(Cl)cccc12. The normalized spacial score (nSPS) is 11.4. The molecule has 0 aliphatic carbocycles. The number of aromatic amines is 1. The van der Waals surface area contributed by atoms with Crippen LogP contribution in [0.5, 0.6) is 0 Å². The minimum Gasteiger partial charge on any atom is -0.352 e. The number of rotatable bonds is 5. The number of aryl methyl sites for hydroxylation is 1. The van der Waals surface area contributed by atoms with Gasteiger partial charge in [-0.2, -0.15) is 0 Å². The van der Waals surface area contributed by atoms with Crippen LogP contribution in [0.2, 0.25) is 5.02 Å². The number of aromatic nitrogens is 1. The lowest BCUT2D eigenvalue weighted by Gasteiger charge is -2.03. The molecule has 0 saturated carbocycles. The second-order valence-electron chi connectivity index (χ2n) is 4.99. The number of benzene rings is 1. The lowest BCUT2D eigenvalue weighted by molar-refractivity contribution is 0.748. The molecule has 110 valence electrons. The standard InChI is InChI=1S/C16H16BrClN2S/c17-14-8-7-13(21-14)16-11(4-1-2-9-19)10-5-3-6-12(18)15(10)20-16/h3,5-8,20H,1-2,4,9,19H2. The Labute approximate surface area is 141 Å². The van der Waals surface area contributed by atoms with E-state index in [2.05, 4.69) is 39.1 Å². The Bertz CT molecular complexity index is 763. The molecule has 0 radical (unpaired) electrons. The average molecular weight is 384 g/mol. The van der Waals surface area contributed by atoms with Crippen LogP contribution in [0.25, 0.3) is 21.5 Å². The van der Waals surface area contributed by atoms with E-state index < -0.39 is 0 Å². The smallest absolute Gasteiger partial charge is 0.0705 e. The monoisotopic (exact) mass is 382 g/mol. The van der Waals surface area contributed by atoms with E-state index in [-0.39, 0.29) is 0 Å². The Balaban J connectivity index is 2.12. The minimum absolute atomic E-state index is 0.739. The molecule has 5 heteroatoms. The third-order valence-corrected chi connectivity index (χ3v) is 5.55. The maximum Gasteiger partial charge on any atom is 0.0705 e. The number of fused-ring (bicyclic) bond motifs is 1. The number of halogens is 2. The highest BCUT2D eigenvalue weighted by Crippen LogP contribution is 2.38. The number of para-hydroxylation sites is 1. The fourth-order valence-corrected chi connectivity index (χ4v) is 4.24. The van der Waals surface area contributed by atoms with Crippen molar-refractivity contribution in [3.05, 3.63) is 44.7 Å². The zero-order chi connectivity index (χ0) is 14.8. The van der Waals surface area contributed by atoms with E-state index in [1.807, 2.05) is 12.1 Å². The number of thiophene rings is 1. The van der Waals surface area contributed by atoms with E-state index in [0.29, 0.717) is 0 Å². The van der Waals surface area contributed by atoms with Gasteiger partial charge in [-0.25, -0.2) is 0 Å². The molecule has 2 nitrogen and oxygen atoms in total. The molecule has 0 atom stereocenters. The van der Waals surface area contributed by atoms with Crippen molar-refractivity contribution in [2.24, 2.45) is 5.73 Å². The fourth-order valence-electron chi connectivity index (χ4n) is 2.60. The Morgan fingerprint density at radius 3 is 2.76 bits per heavy atom. The molecule has 0 aliphatic heterocycles. The number of unbranched alkanes of at least 4 members (excludes halogenated alkanes) is 1. The third kappa shape index (κ3) is 3.04. The second kappa shape index (κ2) is 6.53. The van der Waals surface area contributed by atoms with Crippen LogP contribution in [0.15, 0.2) is 34.1 Å². The number of nitrogens with two attached hydrogens (primary N) is 1. The van der Waals surface area contributed by atoms with Gasteiger partial charge in [-0.05, 0) is 65.5 Å². The summed E-state index contributed by atoms with van der Waals surface area (Å²) in [6.45, 7) is 0.739. The fraction of sp³-hybridized carbons (Fsp3) is 0.250. The predicted octanol–water partition coefficient (Wildman–Crippen LogP) is 5.59. The molecule has 0 bridgehead atoms. The summed E-state index contributed by atoms with van der Waals surface area (Å²) in [6, 6.07) is 10.3. The number of nitrogens with one attached hydrogen (secondary N) is 1. The van der Waals surface area contributed by atoms with Gasteiger partial charge >= 0.3 is 0 Å². The molecule has 3 aromatic rings. The largest absolute Gasteiger partial charge is 0.352 e. The van der Waals surface area contributed by atoms with Gasteiger partial charge in [-0.3, -0.25) is 0 Å². The van der Waals surface area contributed by atoms with Gasteiger partial charge in [0.25, 0.3) is 0 Å². The summed E-state index contributed by atoms with van der Waals surface area (Å²) < 4.78 is 1.13. The zero-order valence-corrected chi connectivity index (χ0v) is 14.6. The number of hydrogen-bond acceptors (Lipinski definition) is 2. The molecule has 0 aliphatic rings. The average Bonchev–Trinajstić information content (AvgIpc) is 3.04. The molecule has 0 saturated heterocycles. The summed E-state index contributed by atoms with van der Waals surface area (Å²) in [5.41, 5.74) is 9.18. The van der Waals surface area contributed by atoms with Crippen molar-refractivity contribution in [1.29, 1.82) is 0 Å². The molecule has 3 rings (SSSR count). The maximum atomic E-state index is 6.34. The molecule has 2 heterocycles. The Hall–Kier alpha value is -0.810. The maximum absolute atomic E-state index is 6.34. The van der Waals surface area contributed by atoms with E-state index in [9.17, 15) is 0 Å². The van der Waals surface area contributed by atoms with Crippen molar-refractivity contribution in [2.75, 3.05) is 6.54 Å². The summed E-state index contributed by atoms with van der Waals surface area (Å²) in [4.78, 5) is 4.75. The molecule has 2 aromatic heterocycles. The molecule has 1 aromatic carbocycles. The first-order valence-electron chi connectivity index (χ1n) is 6.95. The first kappa shape index (κ1) is 15.1. The summed E-state index contributed by atoms with van der Waals surface area (Å²) >= 11 is 11.6. The molecule has 0 amide bonds. The molecular formula is C16H16BrClN2S. The minimum atomic E-state index is 0.739. The molecule has 0 unspecified atom stereocenters. The van der Waals surface area contributed by atoms with Crippen LogP contribution in [-0.4, -0.2) is 11.5 Å². The van der Waals surface area contributed by atoms with Crippen LogP contribution in [-0.2, 0) is 6.42 Å². The molecule has 0 spiro atoms. The lowest BCUT2D eigenvalue weighted by Crippen LogP contribution is -1.99. The Morgan fingerprint density at radius 1 is 1.19 bits per heavy atom. The molecule has 3 N–H and O–H groups in total. The van der Waals surface area contributed by atoms with Crippen molar-refractivity contribution >= 4 is 49.8 Å². The van der Waals surface area contributed by atoms with Gasteiger partial charge < -0.3 is 10.7 Å².